The van der Waals surface area contributed by atoms with E-state index in [0.29, 0.717) is 0 Å². The molecule has 0 spiro atoms. The van der Waals surface area contributed by atoms with Gasteiger partial charge in [0.05, 0.1) is 5.69 Å². The first-order valence-corrected chi connectivity index (χ1v) is 10.0. The van der Waals surface area contributed by atoms with Gasteiger partial charge in [0.1, 0.15) is 5.65 Å². The topological polar surface area (TPSA) is 39.8 Å². The lowest BCUT2D eigenvalue weighted by atomic mass is 10.1. The number of nitrogens with zero attached hydrogens (tertiary/aromatic N) is 3. The molecule has 4 nitrogen and oxygen atoms in total. The van der Waals surface area contributed by atoms with E-state index in [9.17, 15) is 4.79 Å². The van der Waals surface area contributed by atoms with Crippen LogP contribution in [0.2, 0.25) is 0 Å². The van der Waals surface area contributed by atoms with Crippen LogP contribution in [-0.4, -0.2) is 20.4 Å². The fourth-order valence-electron chi connectivity index (χ4n) is 3.50. The summed E-state index contributed by atoms with van der Waals surface area (Å²) in [5.41, 5.74) is 4.13. The summed E-state index contributed by atoms with van der Waals surface area (Å²) < 4.78 is 4.02. The second-order valence-corrected chi connectivity index (χ2v) is 7.84. The Balaban J connectivity index is 1.91. The van der Waals surface area contributed by atoms with E-state index in [1.807, 2.05) is 32.4 Å². The Morgan fingerprint density at radius 2 is 2.12 bits per heavy atom. The van der Waals surface area contributed by atoms with Gasteiger partial charge in [0.15, 0.2) is 0 Å². The number of rotatable bonds is 5. The molecule has 1 aliphatic carbocycles. The molecule has 1 saturated carbocycles. The van der Waals surface area contributed by atoms with E-state index in [0.717, 1.165) is 34.9 Å². The molecule has 1 aliphatic rings. The molecule has 0 radical (unpaired) electrons. The molecule has 0 aromatic carbocycles. The van der Waals surface area contributed by atoms with Gasteiger partial charge in [-0.05, 0) is 43.7 Å². The number of thioether (sulfide) groups is 1. The zero-order chi connectivity index (χ0) is 17.6. The summed E-state index contributed by atoms with van der Waals surface area (Å²) >= 11 is 1.75. The van der Waals surface area contributed by atoms with Crippen molar-refractivity contribution in [2.75, 3.05) is 6.26 Å². The Labute approximate surface area is 151 Å². The molecule has 4 rings (SSSR count). The van der Waals surface area contributed by atoms with Crippen molar-refractivity contribution in [3.63, 3.8) is 0 Å². The van der Waals surface area contributed by atoms with Crippen molar-refractivity contribution in [1.29, 1.82) is 0 Å². The molecule has 5 heteroatoms. The molecule has 0 amide bonds. The highest BCUT2D eigenvalue weighted by atomic mass is 32.2. The molecule has 0 N–H and O–H groups in total. The third-order valence-electron chi connectivity index (χ3n) is 5.09. The predicted molar refractivity (Wildman–Crippen MR) is 104 cm³/mol. The maximum atomic E-state index is 12.1. The van der Waals surface area contributed by atoms with Crippen LogP contribution < -0.4 is 5.56 Å². The Morgan fingerprint density at radius 1 is 1.32 bits per heavy atom. The van der Waals surface area contributed by atoms with Gasteiger partial charge in [-0.25, -0.2) is 4.98 Å². The first-order valence-electron chi connectivity index (χ1n) is 8.78. The van der Waals surface area contributed by atoms with Crippen molar-refractivity contribution in [2.45, 2.75) is 37.6 Å². The standard InChI is InChI=1S/C20H23N3OS/c1-13-10-15(12-22(2)20(13)24)17-11-16-18(25-3)6-8-21-19(16)23(17)9-7-14-4-5-14/h6,8,10-12,14H,4-5,7,9H2,1-3H3. The van der Waals surface area contributed by atoms with Crippen LogP contribution in [0, 0.1) is 12.8 Å². The second kappa shape index (κ2) is 6.37. The quantitative estimate of drug-likeness (QED) is 0.644. The minimum absolute atomic E-state index is 0.0623. The normalized spacial score (nSPS) is 14.4. The van der Waals surface area contributed by atoms with Crippen LogP contribution >= 0.6 is 11.8 Å². The van der Waals surface area contributed by atoms with Gasteiger partial charge in [-0.3, -0.25) is 4.79 Å². The fourth-order valence-corrected chi connectivity index (χ4v) is 4.07. The van der Waals surface area contributed by atoms with Crippen molar-refractivity contribution >= 4 is 22.8 Å². The maximum Gasteiger partial charge on any atom is 0.253 e. The smallest absolute Gasteiger partial charge is 0.253 e. The molecule has 0 bridgehead atoms. The van der Waals surface area contributed by atoms with E-state index in [1.165, 1.54) is 29.5 Å². The summed E-state index contributed by atoms with van der Waals surface area (Å²) in [6.07, 6.45) is 9.86. The van der Waals surface area contributed by atoms with Crippen LogP contribution in [0.15, 0.2) is 40.3 Å². The number of hydrogen-bond donors (Lipinski definition) is 0. The zero-order valence-corrected chi connectivity index (χ0v) is 15.8. The lowest BCUT2D eigenvalue weighted by Crippen LogP contribution is -2.18. The number of fused-ring (bicyclic) bond motifs is 1. The average Bonchev–Trinajstić information content (AvgIpc) is 3.36. The van der Waals surface area contributed by atoms with Crippen LogP contribution in [0.1, 0.15) is 24.8 Å². The second-order valence-electron chi connectivity index (χ2n) is 6.99. The summed E-state index contributed by atoms with van der Waals surface area (Å²) in [5, 5.41) is 1.20. The Kier molecular flexibility index (Phi) is 4.20. The molecule has 3 aromatic heterocycles. The molecular formula is C20H23N3OS. The van der Waals surface area contributed by atoms with Crippen molar-refractivity contribution in [2.24, 2.45) is 13.0 Å². The SMILES string of the molecule is CSc1ccnc2c1cc(-c1cc(C)c(=O)n(C)c1)n2CCC1CC1. The summed E-state index contributed by atoms with van der Waals surface area (Å²) in [4.78, 5) is 18.0. The zero-order valence-electron chi connectivity index (χ0n) is 15.0. The first-order chi connectivity index (χ1) is 12.1. The molecule has 1 fully saturated rings. The van der Waals surface area contributed by atoms with Gasteiger partial charge in [0, 0.05) is 47.4 Å². The summed E-state index contributed by atoms with van der Waals surface area (Å²) in [5.74, 6) is 0.871. The van der Waals surface area contributed by atoms with E-state index in [2.05, 4.69) is 27.9 Å². The minimum atomic E-state index is 0.0623. The molecule has 0 aliphatic heterocycles. The molecule has 3 aromatic rings. The van der Waals surface area contributed by atoms with Gasteiger partial charge in [-0.15, -0.1) is 11.8 Å². The van der Waals surface area contributed by atoms with E-state index in [-0.39, 0.29) is 5.56 Å². The Hall–Kier alpha value is -2.01. The lowest BCUT2D eigenvalue weighted by molar-refractivity contribution is 0.611. The van der Waals surface area contributed by atoms with Crippen molar-refractivity contribution in [1.82, 2.24) is 14.1 Å². The predicted octanol–water partition coefficient (Wildman–Crippen LogP) is 4.23. The average molecular weight is 353 g/mol. The summed E-state index contributed by atoms with van der Waals surface area (Å²) in [7, 11) is 1.82. The summed E-state index contributed by atoms with van der Waals surface area (Å²) in [6, 6.07) is 6.32. The van der Waals surface area contributed by atoms with Crippen molar-refractivity contribution < 1.29 is 0 Å². The van der Waals surface area contributed by atoms with Crippen LogP contribution in [0.3, 0.4) is 0 Å². The lowest BCUT2D eigenvalue weighted by Gasteiger charge is -2.12. The third-order valence-corrected chi connectivity index (χ3v) is 5.89. The van der Waals surface area contributed by atoms with Crippen LogP contribution in [0.5, 0.6) is 0 Å². The van der Waals surface area contributed by atoms with Crippen molar-refractivity contribution in [3.8, 4) is 11.3 Å². The van der Waals surface area contributed by atoms with Gasteiger partial charge in [-0.2, -0.15) is 0 Å². The van der Waals surface area contributed by atoms with Gasteiger partial charge in [0.25, 0.3) is 5.56 Å². The molecule has 130 valence electrons. The number of hydrogen-bond acceptors (Lipinski definition) is 3. The molecule has 0 saturated heterocycles. The van der Waals surface area contributed by atoms with Gasteiger partial charge >= 0.3 is 0 Å². The fraction of sp³-hybridized carbons (Fsp3) is 0.400. The number of aromatic nitrogens is 3. The number of pyridine rings is 2. The highest BCUT2D eigenvalue weighted by Crippen LogP contribution is 2.36. The van der Waals surface area contributed by atoms with Crippen LogP contribution in [-0.2, 0) is 13.6 Å². The molecule has 0 atom stereocenters. The first kappa shape index (κ1) is 16.5. The monoisotopic (exact) mass is 353 g/mol. The van der Waals surface area contributed by atoms with Gasteiger partial charge < -0.3 is 9.13 Å². The van der Waals surface area contributed by atoms with Gasteiger partial charge in [-0.1, -0.05) is 12.8 Å². The Bertz CT molecular complexity index is 972. The van der Waals surface area contributed by atoms with E-state index < -0.39 is 0 Å². The molecule has 0 unspecified atom stereocenters. The van der Waals surface area contributed by atoms with E-state index in [1.54, 1.807) is 16.3 Å². The molecular weight excluding hydrogens is 330 g/mol. The number of aryl methyl sites for hydroxylation is 3. The molecule has 25 heavy (non-hydrogen) atoms. The minimum Gasteiger partial charge on any atom is -0.325 e. The van der Waals surface area contributed by atoms with Gasteiger partial charge in [0.2, 0.25) is 0 Å². The largest absolute Gasteiger partial charge is 0.325 e. The highest BCUT2D eigenvalue weighted by molar-refractivity contribution is 7.98. The van der Waals surface area contributed by atoms with Crippen LogP contribution in [0.25, 0.3) is 22.3 Å². The highest BCUT2D eigenvalue weighted by Gasteiger charge is 2.22. The maximum absolute atomic E-state index is 12.1. The Morgan fingerprint density at radius 3 is 2.80 bits per heavy atom. The third kappa shape index (κ3) is 3.01. The molecule has 3 heterocycles. The van der Waals surface area contributed by atoms with E-state index in [4.69, 9.17) is 0 Å². The summed E-state index contributed by atoms with van der Waals surface area (Å²) in [6.45, 7) is 2.87. The van der Waals surface area contributed by atoms with E-state index >= 15 is 0 Å². The van der Waals surface area contributed by atoms with Crippen molar-refractivity contribution in [3.05, 3.63) is 46.5 Å². The van der Waals surface area contributed by atoms with Crippen LogP contribution in [0.4, 0.5) is 0 Å².